The largest absolute Gasteiger partial charge is 0.481 e. The topological polar surface area (TPSA) is 113 Å². The average Bonchev–Trinajstić information content (AvgIpc) is 3.78. The van der Waals surface area contributed by atoms with Crippen LogP contribution in [0.2, 0.25) is 0 Å². The number of amides is 2. The van der Waals surface area contributed by atoms with E-state index in [0.717, 1.165) is 70.9 Å². The molecule has 330 valence electrons. The maximum atomic E-state index is 15.2. The number of hydrogen-bond acceptors (Lipinski definition) is 5. The molecular formula is C51H80N2O6. The summed E-state index contributed by atoms with van der Waals surface area (Å²) in [5, 5.41) is 13.4. The van der Waals surface area contributed by atoms with Crippen LogP contribution in [0.15, 0.2) is 0 Å². The zero-order valence-electron chi connectivity index (χ0n) is 38.6. The summed E-state index contributed by atoms with van der Waals surface area (Å²) in [5.41, 5.74) is -0.497. The molecule has 9 aliphatic rings. The first-order valence-corrected chi connectivity index (χ1v) is 24.5. The van der Waals surface area contributed by atoms with Crippen LogP contribution in [0.4, 0.5) is 0 Å². The minimum atomic E-state index is -0.813. The lowest BCUT2D eigenvalue weighted by Gasteiger charge is -2.73. The number of likely N-dealkylation sites (tertiary alicyclic amines) is 1. The highest BCUT2D eigenvalue weighted by molar-refractivity contribution is 5.86. The van der Waals surface area contributed by atoms with Gasteiger partial charge in [-0.15, -0.1) is 0 Å². The number of nitrogens with one attached hydrogen (secondary N) is 1. The predicted molar refractivity (Wildman–Crippen MR) is 229 cm³/mol. The third-order valence-electron chi connectivity index (χ3n) is 22.4. The molecule has 14 atom stereocenters. The quantitative estimate of drug-likeness (QED) is 0.248. The van der Waals surface area contributed by atoms with Crippen LogP contribution >= 0.6 is 0 Å². The normalized spacial score (nSPS) is 48.3. The van der Waals surface area contributed by atoms with Gasteiger partial charge in [-0.05, 0) is 171 Å². The highest BCUT2D eigenvalue weighted by Crippen LogP contribution is 2.79. The Bertz CT molecular complexity index is 1760. The van der Waals surface area contributed by atoms with E-state index in [-0.39, 0.29) is 62.4 Å². The molecule has 1 saturated heterocycles. The van der Waals surface area contributed by atoms with Gasteiger partial charge in [-0.3, -0.25) is 19.2 Å². The lowest BCUT2D eigenvalue weighted by molar-refractivity contribution is -0.252. The number of carbonyl (C=O) groups excluding carboxylic acids is 3. The Labute approximate surface area is 356 Å². The van der Waals surface area contributed by atoms with Crippen molar-refractivity contribution in [3.05, 3.63) is 0 Å². The third-order valence-corrected chi connectivity index (χ3v) is 22.4. The monoisotopic (exact) mass is 817 g/mol. The van der Waals surface area contributed by atoms with E-state index >= 15 is 4.79 Å². The summed E-state index contributed by atoms with van der Waals surface area (Å²) >= 11 is 0. The van der Waals surface area contributed by atoms with Crippen LogP contribution in [0.5, 0.6) is 0 Å². The van der Waals surface area contributed by atoms with Gasteiger partial charge >= 0.3 is 11.9 Å². The first-order valence-electron chi connectivity index (χ1n) is 24.5. The number of hydrogen-bond donors (Lipinski definition) is 2. The Balaban J connectivity index is 0.938. The van der Waals surface area contributed by atoms with Crippen LogP contribution in [-0.2, 0) is 23.9 Å². The number of rotatable bonds is 7. The van der Waals surface area contributed by atoms with Crippen molar-refractivity contribution in [2.45, 2.75) is 191 Å². The Kier molecular flexibility index (Phi) is 9.62. The molecule has 0 aromatic carbocycles. The van der Waals surface area contributed by atoms with Crippen LogP contribution in [0, 0.1) is 90.7 Å². The molecule has 2 N–H and O–H groups in total. The lowest BCUT2D eigenvalue weighted by atomic mass is 9.32. The van der Waals surface area contributed by atoms with Crippen molar-refractivity contribution in [1.29, 1.82) is 0 Å². The minimum absolute atomic E-state index is 0.00386. The van der Waals surface area contributed by atoms with E-state index < -0.39 is 17.3 Å². The second-order valence-corrected chi connectivity index (χ2v) is 25.5. The summed E-state index contributed by atoms with van der Waals surface area (Å²) in [4.78, 5) is 56.5. The number of piperidine rings is 1. The molecule has 0 radical (unpaired) electrons. The summed E-state index contributed by atoms with van der Waals surface area (Å²) in [6.07, 6.45) is 18.0. The Hall–Kier alpha value is -2.12. The van der Waals surface area contributed by atoms with E-state index in [1.165, 1.54) is 44.9 Å². The number of carboxylic acid groups (broad SMARTS) is 1. The third kappa shape index (κ3) is 5.76. The van der Waals surface area contributed by atoms with Crippen molar-refractivity contribution in [1.82, 2.24) is 10.2 Å². The van der Waals surface area contributed by atoms with Gasteiger partial charge in [-0.1, -0.05) is 69.2 Å². The number of carboxylic acids is 1. The molecule has 1 aliphatic heterocycles. The lowest BCUT2D eigenvalue weighted by Crippen LogP contribution is -2.69. The van der Waals surface area contributed by atoms with Crippen molar-refractivity contribution in [2.24, 2.45) is 90.7 Å². The van der Waals surface area contributed by atoms with Crippen LogP contribution in [0.25, 0.3) is 0 Å². The summed E-state index contributed by atoms with van der Waals surface area (Å²) in [5.74, 6) is 1.32. The van der Waals surface area contributed by atoms with Gasteiger partial charge in [0.25, 0.3) is 0 Å². The van der Waals surface area contributed by atoms with Gasteiger partial charge in [0.2, 0.25) is 11.8 Å². The molecule has 0 aromatic heterocycles. The smallest absolute Gasteiger partial charge is 0.309 e. The predicted octanol–water partition coefficient (Wildman–Crippen LogP) is 10.1. The molecule has 8 heteroatoms. The number of esters is 1. The summed E-state index contributed by atoms with van der Waals surface area (Å²) in [7, 11) is 0. The highest BCUT2D eigenvalue weighted by Gasteiger charge is 2.74. The number of fused-ring (bicyclic) bond motifs is 7. The molecule has 9 fully saturated rings. The molecule has 59 heavy (non-hydrogen) atoms. The van der Waals surface area contributed by atoms with Crippen LogP contribution in [-0.4, -0.2) is 59.0 Å². The van der Waals surface area contributed by atoms with E-state index in [4.69, 9.17) is 4.74 Å². The first-order chi connectivity index (χ1) is 27.5. The fraction of sp³-hybridized carbons (Fsp3) is 0.922. The Morgan fingerprint density at radius 3 is 1.93 bits per heavy atom. The van der Waals surface area contributed by atoms with Crippen LogP contribution < -0.4 is 5.32 Å². The molecule has 8 nitrogen and oxygen atoms in total. The number of aliphatic carboxylic acids is 1. The Morgan fingerprint density at radius 2 is 1.31 bits per heavy atom. The molecule has 0 spiro atoms. The summed E-state index contributed by atoms with van der Waals surface area (Å²) in [6.45, 7) is 25.3. The SMILES string of the molecule is CC1([C@@H]2CC[C@]3(C(=O)N[C@@H]4C[C@H](C(=O)N5CCCCC5)C4(C)C)CC[C@]4(C)[C@H](CC[C@@H]5[C@@]6(C)CC[C@H](OC(=O)[C@H]7C[C@@H](C(=O)O)C7(C)C)C(C)(C)[C@@H]6CC[C@]54C)[C@@H]23)CC1. The van der Waals surface area contributed by atoms with Gasteiger partial charge in [-0.2, -0.15) is 0 Å². The molecule has 9 rings (SSSR count). The average molecular weight is 817 g/mol. The molecule has 0 aromatic rings. The summed E-state index contributed by atoms with van der Waals surface area (Å²) < 4.78 is 6.47. The number of carbonyl (C=O) groups is 4. The van der Waals surface area contributed by atoms with Crippen molar-refractivity contribution in [3.8, 4) is 0 Å². The highest BCUT2D eigenvalue weighted by atomic mass is 16.5. The van der Waals surface area contributed by atoms with Gasteiger partial charge in [0, 0.05) is 30.5 Å². The maximum Gasteiger partial charge on any atom is 0.309 e. The van der Waals surface area contributed by atoms with Gasteiger partial charge in [-0.25, -0.2) is 0 Å². The molecule has 2 amide bonds. The van der Waals surface area contributed by atoms with E-state index in [2.05, 4.69) is 65.6 Å². The van der Waals surface area contributed by atoms with Gasteiger partial charge < -0.3 is 20.1 Å². The molecule has 8 saturated carbocycles. The van der Waals surface area contributed by atoms with Crippen LogP contribution in [0.1, 0.15) is 178 Å². The maximum absolute atomic E-state index is 15.2. The molecule has 8 aliphatic carbocycles. The minimum Gasteiger partial charge on any atom is -0.481 e. The summed E-state index contributed by atoms with van der Waals surface area (Å²) in [6, 6.07) is 0.0516. The van der Waals surface area contributed by atoms with E-state index in [1.54, 1.807) is 0 Å². The zero-order chi connectivity index (χ0) is 42.5. The van der Waals surface area contributed by atoms with E-state index in [0.29, 0.717) is 53.2 Å². The first kappa shape index (κ1) is 42.2. The standard InChI is InChI=1S/C51H80N2O6/c1-44(2)33(41(55)56)28-34(44)42(57)59-38-18-19-48(8)35(46(38,5)6)17-20-50(10)36(48)15-14-31-39-30(47(7)22-23-47)16-21-51(39,25-24-49(31,50)9)43(58)52-37-29-32(45(37,3)4)40(54)53-26-12-11-13-27-53/h30-39H,11-29H2,1-10H3,(H,52,58)(H,55,56)/t30-,31-,32-,33+,34-,35+,36-,37-,38+,39-,48+,49-,50-,51+/m1/s1. The van der Waals surface area contributed by atoms with Gasteiger partial charge in [0.1, 0.15) is 6.10 Å². The Morgan fingerprint density at radius 1 is 0.610 bits per heavy atom. The van der Waals surface area contributed by atoms with Crippen molar-refractivity contribution < 1.29 is 29.0 Å². The second kappa shape index (κ2) is 13.4. The van der Waals surface area contributed by atoms with E-state index in [9.17, 15) is 19.5 Å². The molecule has 1 heterocycles. The van der Waals surface area contributed by atoms with E-state index in [1.807, 2.05) is 13.8 Å². The fourth-order valence-corrected chi connectivity index (χ4v) is 17.7. The number of nitrogens with zero attached hydrogens (tertiary/aromatic N) is 1. The van der Waals surface area contributed by atoms with Gasteiger partial charge in [0.05, 0.1) is 17.3 Å². The molecule has 0 bridgehead atoms. The molecular weight excluding hydrogens is 737 g/mol. The van der Waals surface area contributed by atoms with Crippen molar-refractivity contribution in [2.75, 3.05) is 13.1 Å². The van der Waals surface area contributed by atoms with Crippen molar-refractivity contribution in [3.63, 3.8) is 0 Å². The van der Waals surface area contributed by atoms with Gasteiger partial charge in [0.15, 0.2) is 0 Å². The second-order valence-electron chi connectivity index (χ2n) is 25.5. The number of ether oxygens (including phenoxy) is 1. The molecule has 0 unspecified atom stereocenters. The fourth-order valence-electron chi connectivity index (χ4n) is 17.7. The van der Waals surface area contributed by atoms with Crippen molar-refractivity contribution >= 4 is 23.8 Å². The zero-order valence-corrected chi connectivity index (χ0v) is 38.6. The van der Waals surface area contributed by atoms with Crippen LogP contribution in [0.3, 0.4) is 0 Å².